The number of carbonyl (C=O) groups excluding carboxylic acids is 2. The van der Waals surface area contributed by atoms with Gasteiger partial charge in [0.2, 0.25) is 6.41 Å². The molecule has 0 spiro atoms. The molecule has 0 saturated carbocycles. The van der Waals surface area contributed by atoms with Crippen LogP contribution in [-0.4, -0.2) is 35.9 Å². The number of ketones is 1. The maximum Gasteiger partial charge on any atom is 0.207 e. The third-order valence-corrected chi connectivity index (χ3v) is 5.29. The fraction of sp³-hybridized carbons (Fsp3) is 0.250. The second kappa shape index (κ2) is 12.8. The summed E-state index contributed by atoms with van der Waals surface area (Å²) in [5.74, 6) is -1.15. The molecule has 0 atom stereocenters. The minimum atomic E-state index is -1.56. The van der Waals surface area contributed by atoms with Gasteiger partial charge in [0.1, 0.15) is 23.0 Å². The molecular weight excluding hydrogens is 494 g/mol. The van der Waals surface area contributed by atoms with E-state index in [4.69, 9.17) is 16.2 Å². The predicted molar refractivity (Wildman–Crippen MR) is 143 cm³/mol. The maximum absolute atomic E-state index is 14.8. The number of allylic oxidation sites excluding steroid dienone is 1. The van der Waals surface area contributed by atoms with Crippen LogP contribution in [0.1, 0.15) is 48.0 Å². The highest BCUT2D eigenvalue weighted by Gasteiger charge is 2.26. The summed E-state index contributed by atoms with van der Waals surface area (Å²) in [5, 5.41) is 12.4. The Bertz CT molecular complexity index is 1330. The van der Waals surface area contributed by atoms with Crippen LogP contribution >= 0.6 is 0 Å². The Morgan fingerprint density at radius 2 is 1.82 bits per heavy atom. The molecule has 0 aliphatic carbocycles. The van der Waals surface area contributed by atoms with E-state index in [1.54, 1.807) is 7.11 Å². The lowest BCUT2D eigenvalue weighted by Gasteiger charge is -2.21. The average Bonchev–Trinajstić information content (AvgIpc) is 2.84. The first-order valence-corrected chi connectivity index (χ1v) is 11.6. The number of hydrogen-bond donors (Lipinski definition) is 4. The first-order chi connectivity index (χ1) is 17.8. The molecule has 8 nitrogen and oxygen atoms in total. The highest BCUT2D eigenvalue weighted by atomic mass is 19.1. The van der Waals surface area contributed by atoms with Crippen LogP contribution in [0.5, 0.6) is 5.75 Å². The fourth-order valence-corrected chi connectivity index (χ4v) is 3.47. The number of hydrogen-bond acceptors (Lipinski definition) is 7. The molecule has 1 aromatic heterocycles. The molecule has 2 aromatic carbocycles. The van der Waals surface area contributed by atoms with Crippen LogP contribution in [0.4, 0.5) is 14.5 Å². The van der Waals surface area contributed by atoms with Crippen LogP contribution in [0, 0.1) is 18.6 Å². The van der Waals surface area contributed by atoms with Gasteiger partial charge in [0, 0.05) is 22.4 Å². The number of Topliss-reactive ketones (excluding diaryl/α,β-unsaturated/α-hetero) is 1. The van der Waals surface area contributed by atoms with Gasteiger partial charge in [0.15, 0.2) is 11.6 Å². The largest absolute Gasteiger partial charge is 0.495 e. The first kappa shape index (κ1) is 29.9. The van der Waals surface area contributed by atoms with E-state index in [0.29, 0.717) is 17.8 Å². The number of aliphatic hydroxyl groups is 1. The summed E-state index contributed by atoms with van der Waals surface area (Å²) < 4.78 is 33.0. The second-order valence-electron chi connectivity index (χ2n) is 9.06. The summed E-state index contributed by atoms with van der Waals surface area (Å²) in [5.41, 5.74) is 13.1. The van der Waals surface area contributed by atoms with Crippen molar-refractivity contribution in [3.63, 3.8) is 0 Å². The number of aryl methyl sites for hydroxylation is 1. The highest BCUT2D eigenvalue weighted by Crippen LogP contribution is 2.31. The zero-order valence-corrected chi connectivity index (χ0v) is 21.9. The summed E-state index contributed by atoms with van der Waals surface area (Å²) in [6.07, 6.45) is 2.20. The van der Waals surface area contributed by atoms with Gasteiger partial charge in [-0.3, -0.25) is 9.59 Å². The van der Waals surface area contributed by atoms with E-state index in [1.807, 2.05) is 32.1 Å². The van der Waals surface area contributed by atoms with Gasteiger partial charge in [0.05, 0.1) is 24.9 Å². The zero-order valence-electron chi connectivity index (χ0n) is 21.9. The molecule has 0 bridgehead atoms. The lowest BCUT2D eigenvalue weighted by atomic mass is 9.94. The smallest absolute Gasteiger partial charge is 0.207 e. The van der Waals surface area contributed by atoms with Gasteiger partial charge in [-0.1, -0.05) is 0 Å². The Labute approximate surface area is 220 Å². The van der Waals surface area contributed by atoms with Crippen molar-refractivity contribution in [1.82, 2.24) is 10.3 Å². The Morgan fingerprint density at radius 3 is 2.34 bits per heavy atom. The van der Waals surface area contributed by atoms with E-state index in [0.717, 1.165) is 35.0 Å². The normalized spacial score (nSPS) is 11.3. The molecule has 1 heterocycles. The topological polar surface area (TPSA) is 141 Å². The number of anilines is 1. The lowest BCUT2D eigenvalue weighted by Crippen LogP contribution is -2.25. The standard InChI is InChI=1S/C17H16F2N2O3.C11H16N2O/c1-17(2,24)12-7-13(14(23)8-20-9-22)21-16(15(12)19)10-3-5-11(18)6-4-10;1-7-4-9(6-8(2)12)11(13)10(5-7)14-3/h3-7,9,24H,8H2,1-2H3,(H,20,22);4-6H,12-13H2,1-3H3/b;8-6-. The molecule has 38 heavy (non-hydrogen) atoms. The van der Waals surface area contributed by atoms with Crippen LogP contribution in [0.15, 0.2) is 48.2 Å². The van der Waals surface area contributed by atoms with Crippen molar-refractivity contribution < 1.29 is 28.2 Å². The van der Waals surface area contributed by atoms with E-state index in [1.165, 1.54) is 26.0 Å². The average molecular weight is 527 g/mol. The summed E-state index contributed by atoms with van der Waals surface area (Å²) in [6.45, 7) is 6.26. The number of nitrogens with zero attached hydrogens (tertiary/aromatic N) is 1. The molecule has 1 amide bonds. The van der Waals surface area contributed by atoms with Gasteiger partial charge >= 0.3 is 0 Å². The predicted octanol–water partition coefficient (Wildman–Crippen LogP) is 4.09. The van der Waals surface area contributed by atoms with Gasteiger partial charge in [-0.15, -0.1) is 0 Å². The number of nitrogen functional groups attached to an aromatic ring is 1. The molecule has 0 radical (unpaired) electrons. The van der Waals surface area contributed by atoms with E-state index < -0.39 is 23.0 Å². The summed E-state index contributed by atoms with van der Waals surface area (Å²) in [4.78, 5) is 26.4. The summed E-state index contributed by atoms with van der Waals surface area (Å²) in [7, 11) is 1.61. The van der Waals surface area contributed by atoms with Gasteiger partial charge < -0.3 is 26.6 Å². The Kier molecular flexibility index (Phi) is 10.1. The number of nitrogens with two attached hydrogens (primary N) is 2. The van der Waals surface area contributed by atoms with Crippen LogP contribution < -0.4 is 21.5 Å². The molecule has 0 saturated heterocycles. The number of carbonyl (C=O) groups is 2. The SMILES string of the molecule is CC(C)(O)c1cc(C(=O)CNC=O)nc(-c2ccc(F)cc2)c1F.COc1cc(C)cc(/C=C(/C)N)c1N. The molecule has 6 N–H and O–H groups in total. The third kappa shape index (κ3) is 7.84. The molecule has 0 aliphatic rings. The highest BCUT2D eigenvalue weighted by molar-refractivity contribution is 5.97. The number of methoxy groups -OCH3 is 1. The fourth-order valence-electron chi connectivity index (χ4n) is 3.47. The molecule has 10 heteroatoms. The summed E-state index contributed by atoms with van der Waals surface area (Å²) in [6, 6.07) is 9.97. The lowest BCUT2D eigenvalue weighted by molar-refractivity contribution is -0.109. The zero-order chi connectivity index (χ0) is 28.6. The number of halogens is 2. The van der Waals surface area contributed by atoms with E-state index in [-0.39, 0.29) is 29.1 Å². The van der Waals surface area contributed by atoms with Crippen LogP contribution in [-0.2, 0) is 10.4 Å². The van der Waals surface area contributed by atoms with Crippen molar-refractivity contribution in [2.24, 2.45) is 5.73 Å². The van der Waals surface area contributed by atoms with Crippen LogP contribution in [0.25, 0.3) is 17.3 Å². The minimum Gasteiger partial charge on any atom is -0.495 e. The van der Waals surface area contributed by atoms with Crippen molar-refractivity contribution in [3.05, 3.63) is 82.2 Å². The minimum absolute atomic E-state index is 0.109. The Morgan fingerprint density at radius 1 is 1.18 bits per heavy atom. The number of ether oxygens (including phenoxy) is 1. The van der Waals surface area contributed by atoms with Gasteiger partial charge in [0.25, 0.3) is 0 Å². The molecule has 3 aromatic rings. The molecule has 0 unspecified atom stereocenters. The van der Waals surface area contributed by atoms with Gasteiger partial charge in [-0.25, -0.2) is 13.8 Å². The third-order valence-electron chi connectivity index (χ3n) is 5.29. The molecular formula is C28H32F2N4O4. The molecule has 0 fully saturated rings. The second-order valence-corrected chi connectivity index (χ2v) is 9.06. The van der Waals surface area contributed by atoms with Crippen LogP contribution in [0.2, 0.25) is 0 Å². The number of rotatable bonds is 8. The van der Waals surface area contributed by atoms with Crippen molar-refractivity contribution in [3.8, 4) is 17.0 Å². The van der Waals surface area contributed by atoms with Crippen LogP contribution in [0.3, 0.4) is 0 Å². The number of pyridine rings is 1. The Balaban J connectivity index is 0.000000308. The van der Waals surface area contributed by atoms with Crippen molar-refractivity contribution >= 4 is 24.0 Å². The number of benzene rings is 2. The maximum atomic E-state index is 14.8. The quantitative estimate of drug-likeness (QED) is 0.197. The molecule has 3 rings (SSSR count). The number of amides is 1. The first-order valence-electron chi connectivity index (χ1n) is 11.6. The van der Waals surface area contributed by atoms with Crippen molar-refractivity contribution in [1.29, 1.82) is 0 Å². The number of nitrogens with one attached hydrogen (secondary N) is 1. The summed E-state index contributed by atoms with van der Waals surface area (Å²) >= 11 is 0. The van der Waals surface area contributed by atoms with E-state index in [9.17, 15) is 23.5 Å². The van der Waals surface area contributed by atoms with Crippen molar-refractivity contribution in [2.45, 2.75) is 33.3 Å². The Hall–Kier alpha value is -4.31. The molecule has 202 valence electrons. The molecule has 0 aliphatic heterocycles. The van der Waals surface area contributed by atoms with Crippen molar-refractivity contribution in [2.75, 3.05) is 19.4 Å². The van der Waals surface area contributed by atoms with E-state index >= 15 is 0 Å². The van der Waals surface area contributed by atoms with Gasteiger partial charge in [-0.2, -0.15) is 0 Å². The van der Waals surface area contributed by atoms with E-state index in [2.05, 4.69) is 10.3 Å². The number of aromatic nitrogens is 1. The monoisotopic (exact) mass is 526 g/mol. The van der Waals surface area contributed by atoms with Gasteiger partial charge in [-0.05, 0) is 81.8 Å².